The van der Waals surface area contributed by atoms with Crippen molar-refractivity contribution in [1.29, 1.82) is 0 Å². The molecule has 0 aliphatic heterocycles. The number of para-hydroxylation sites is 2. The fourth-order valence-electron chi connectivity index (χ4n) is 5.64. The first-order chi connectivity index (χ1) is 25.7. The van der Waals surface area contributed by atoms with Crippen molar-refractivity contribution in [1.82, 2.24) is 9.97 Å². The number of rotatable bonds is 6. The maximum absolute atomic E-state index is 5.14. The lowest BCUT2D eigenvalue weighted by Gasteiger charge is -2.11. The monoisotopic (exact) mass is 698 g/mol. The van der Waals surface area contributed by atoms with Gasteiger partial charge in [-0.1, -0.05) is 120 Å². The van der Waals surface area contributed by atoms with Crippen LogP contribution in [0.1, 0.15) is 22.3 Å². The van der Waals surface area contributed by atoms with Crippen molar-refractivity contribution in [3.8, 4) is 46.2 Å². The molecule has 0 unspecified atom stereocenters. The van der Waals surface area contributed by atoms with E-state index in [0.717, 1.165) is 55.8 Å². The molecule has 0 spiro atoms. The van der Waals surface area contributed by atoms with Crippen molar-refractivity contribution in [2.75, 3.05) is 0 Å². The number of fused-ring (bicyclic) bond motifs is 1. The minimum absolute atomic E-state index is 0.807. The standard InChI is InChI=1S/C48H30N2S2/c1-3-15-41(16-4-1)51-43-29-25-35(26-30-43)21-23-37-11-9-13-39(33-37)47-48(50-46-20-8-7-19-45(46)49-47)40-14-10-12-38(34-40)24-22-36-27-31-44(32-28-36)52-42-17-5-2-6-18-42/h1-20,25-34H. The van der Waals surface area contributed by atoms with Crippen LogP contribution in [0.15, 0.2) is 202 Å². The number of hydrogen-bond donors (Lipinski definition) is 0. The minimum Gasteiger partial charge on any atom is -0.244 e. The van der Waals surface area contributed by atoms with Crippen LogP contribution < -0.4 is 0 Å². The average Bonchev–Trinajstić information content (AvgIpc) is 3.21. The molecule has 4 heteroatoms. The summed E-state index contributed by atoms with van der Waals surface area (Å²) >= 11 is 3.49. The van der Waals surface area contributed by atoms with E-state index in [0.29, 0.717) is 0 Å². The summed E-state index contributed by atoms with van der Waals surface area (Å²) in [5.41, 5.74) is 8.97. The van der Waals surface area contributed by atoms with Crippen LogP contribution >= 0.6 is 23.5 Å². The number of aromatic nitrogens is 2. The molecule has 244 valence electrons. The molecule has 2 nitrogen and oxygen atoms in total. The van der Waals surface area contributed by atoms with Crippen molar-refractivity contribution in [3.05, 3.63) is 204 Å². The molecule has 0 aliphatic carbocycles. The first-order valence-corrected chi connectivity index (χ1v) is 18.5. The smallest absolute Gasteiger partial charge is 0.0973 e. The summed E-state index contributed by atoms with van der Waals surface area (Å²) in [6.07, 6.45) is 0. The Labute approximate surface area is 313 Å². The molecule has 0 saturated heterocycles. The maximum atomic E-state index is 5.14. The second-order valence-electron chi connectivity index (χ2n) is 12.0. The minimum atomic E-state index is 0.807. The Kier molecular flexibility index (Phi) is 9.94. The molecular formula is C48H30N2S2. The van der Waals surface area contributed by atoms with Gasteiger partial charge in [-0.3, -0.25) is 0 Å². The molecule has 0 N–H and O–H groups in total. The van der Waals surface area contributed by atoms with Gasteiger partial charge in [-0.15, -0.1) is 0 Å². The Morgan fingerprint density at radius 3 is 1.10 bits per heavy atom. The lowest BCUT2D eigenvalue weighted by Crippen LogP contribution is -1.96. The maximum Gasteiger partial charge on any atom is 0.0973 e. The molecule has 1 aromatic heterocycles. The van der Waals surface area contributed by atoms with Gasteiger partial charge in [0.1, 0.15) is 0 Å². The van der Waals surface area contributed by atoms with Gasteiger partial charge in [0, 0.05) is 53.0 Å². The third kappa shape index (κ3) is 8.18. The normalized spacial score (nSPS) is 10.5. The molecular weight excluding hydrogens is 669 g/mol. The summed E-state index contributed by atoms with van der Waals surface area (Å²) < 4.78 is 0. The summed E-state index contributed by atoms with van der Waals surface area (Å²) in [5, 5.41) is 0. The molecule has 7 aromatic carbocycles. The van der Waals surface area contributed by atoms with Crippen LogP contribution in [0.25, 0.3) is 33.5 Å². The van der Waals surface area contributed by atoms with E-state index in [2.05, 4.69) is 145 Å². The third-order valence-corrected chi connectivity index (χ3v) is 10.2. The topological polar surface area (TPSA) is 25.8 Å². The van der Waals surface area contributed by atoms with E-state index in [9.17, 15) is 0 Å². The predicted octanol–water partition coefficient (Wildman–Crippen LogP) is 12.1. The zero-order valence-electron chi connectivity index (χ0n) is 28.0. The predicted molar refractivity (Wildman–Crippen MR) is 216 cm³/mol. The van der Waals surface area contributed by atoms with E-state index >= 15 is 0 Å². The highest BCUT2D eigenvalue weighted by Crippen LogP contribution is 2.32. The lowest BCUT2D eigenvalue weighted by molar-refractivity contribution is 1.29. The first kappa shape index (κ1) is 32.9. The summed E-state index contributed by atoms with van der Waals surface area (Å²) in [6.45, 7) is 0. The summed E-state index contributed by atoms with van der Waals surface area (Å²) in [4.78, 5) is 15.1. The van der Waals surface area contributed by atoms with Crippen LogP contribution in [0, 0.1) is 23.7 Å². The fraction of sp³-hybridized carbons (Fsp3) is 0. The van der Waals surface area contributed by atoms with Crippen molar-refractivity contribution in [2.45, 2.75) is 19.6 Å². The van der Waals surface area contributed by atoms with E-state index in [4.69, 9.17) is 9.97 Å². The van der Waals surface area contributed by atoms with Crippen molar-refractivity contribution >= 4 is 34.6 Å². The van der Waals surface area contributed by atoms with E-state index < -0.39 is 0 Å². The van der Waals surface area contributed by atoms with Gasteiger partial charge in [0.05, 0.1) is 22.4 Å². The third-order valence-electron chi connectivity index (χ3n) is 8.21. The van der Waals surface area contributed by atoms with E-state index in [-0.39, 0.29) is 0 Å². The largest absolute Gasteiger partial charge is 0.244 e. The van der Waals surface area contributed by atoms with Gasteiger partial charge in [-0.05, 0) is 109 Å². The highest BCUT2D eigenvalue weighted by Gasteiger charge is 2.14. The van der Waals surface area contributed by atoms with Gasteiger partial charge in [0.15, 0.2) is 0 Å². The zero-order chi connectivity index (χ0) is 35.0. The van der Waals surface area contributed by atoms with Gasteiger partial charge in [0.25, 0.3) is 0 Å². The second-order valence-corrected chi connectivity index (χ2v) is 14.2. The molecule has 8 rings (SSSR count). The van der Waals surface area contributed by atoms with Gasteiger partial charge in [0.2, 0.25) is 0 Å². The highest BCUT2D eigenvalue weighted by atomic mass is 32.2. The first-order valence-electron chi connectivity index (χ1n) is 16.9. The number of nitrogens with zero attached hydrogens (tertiary/aromatic N) is 2. The van der Waals surface area contributed by atoms with Gasteiger partial charge >= 0.3 is 0 Å². The Balaban J connectivity index is 1.06. The van der Waals surface area contributed by atoms with Gasteiger partial charge < -0.3 is 0 Å². The molecule has 8 aromatic rings. The molecule has 1 heterocycles. The van der Waals surface area contributed by atoms with Crippen LogP contribution in [-0.4, -0.2) is 9.97 Å². The lowest BCUT2D eigenvalue weighted by atomic mass is 10.0. The number of benzene rings is 7. The molecule has 0 aliphatic rings. The zero-order valence-corrected chi connectivity index (χ0v) is 29.7. The number of hydrogen-bond acceptors (Lipinski definition) is 4. The molecule has 0 bridgehead atoms. The summed E-state index contributed by atoms with van der Waals surface area (Å²) in [6, 6.07) is 62.0. The van der Waals surface area contributed by atoms with Crippen LogP contribution in [0.4, 0.5) is 0 Å². The SMILES string of the molecule is C(#Cc1cccc(-c2nc3ccccc3nc2-c2cccc(C#Cc3ccc(Sc4ccccc4)cc3)c2)c1)c1ccc(Sc2ccccc2)cc1. The van der Waals surface area contributed by atoms with Crippen LogP contribution in [0.2, 0.25) is 0 Å². The second kappa shape index (κ2) is 15.7. The summed E-state index contributed by atoms with van der Waals surface area (Å²) in [5.74, 6) is 13.4. The van der Waals surface area contributed by atoms with E-state index in [1.54, 1.807) is 23.5 Å². The van der Waals surface area contributed by atoms with Gasteiger partial charge in [-0.25, -0.2) is 9.97 Å². The van der Waals surface area contributed by atoms with Crippen LogP contribution in [0.5, 0.6) is 0 Å². The fourth-order valence-corrected chi connectivity index (χ4v) is 7.32. The molecule has 0 saturated carbocycles. The van der Waals surface area contributed by atoms with Gasteiger partial charge in [-0.2, -0.15) is 0 Å². The Morgan fingerprint density at radius 2 is 0.673 bits per heavy atom. The Hall–Kier alpha value is -6.30. The Bertz CT molecular complexity index is 2430. The van der Waals surface area contributed by atoms with Crippen molar-refractivity contribution in [2.24, 2.45) is 0 Å². The molecule has 0 atom stereocenters. The molecule has 0 fully saturated rings. The van der Waals surface area contributed by atoms with E-state index in [1.807, 2.05) is 60.7 Å². The molecule has 0 amide bonds. The molecule has 52 heavy (non-hydrogen) atoms. The van der Waals surface area contributed by atoms with Crippen LogP contribution in [-0.2, 0) is 0 Å². The summed E-state index contributed by atoms with van der Waals surface area (Å²) in [7, 11) is 0. The van der Waals surface area contributed by atoms with E-state index in [1.165, 1.54) is 19.6 Å². The molecule has 0 radical (unpaired) electrons. The Morgan fingerprint density at radius 1 is 0.308 bits per heavy atom. The van der Waals surface area contributed by atoms with Crippen LogP contribution in [0.3, 0.4) is 0 Å². The highest BCUT2D eigenvalue weighted by molar-refractivity contribution is 7.99. The quantitative estimate of drug-likeness (QED) is 0.161. The van der Waals surface area contributed by atoms with Crippen molar-refractivity contribution < 1.29 is 0 Å². The average molecular weight is 699 g/mol. The van der Waals surface area contributed by atoms with Crippen molar-refractivity contribution in [3.63, 3.8) is 0 Å².